The summed E-state index contributed by atoms with van der Waals surface area (Å²) < 4.78 is 15.7. The number of methoxy groups -OCH3 is 2. The van der Waals surface area contributed by atoms with Gasteiger partial charge in [0, 0.05) is 24.5 Å². The molecule has 2 N–H and O–H groups in total. The van der Waals surface area contributed by atoms with Crippen LogP contribution in [-0.4, -0.2) is 130 Å². The van der Waals surface area contributed by atoms with Crippen LogP contribution in [0.4, 0.5) is 29.2 Å². The Morgan fingerprint density at radius 3 is 1.71 bits per heavy atom. The van der Waals surface area contributed by atoms with E-state index in [1.54, 1.807) is 0 Å². The Morgan fingerprint density at radius 2 is 1.20 bits per heavy atom. The number of benzene rings is 2. The fourth-order valence-electron chi connectivity index (χ4n) is 3.68. The molecule has 0 spiro atoms. The van der Waals surface area contributed by atoms with E-state index in [1.807, 2.05) is 60.7 Å². The number of aromatic nitrogens is 6. The van der Waals surface area contributed by atoms with Gasteiger partial charge in [-0.15, -0.1) is 0 Å². The molecule has 4 aromatic rings. The first kappa shape index (κ1) is 33.0. The molecule has 204 valence electrons. The Labute approximate surface area is 286 Å². The quantitative estimate of drug-likeness (QED) is 0.218. The first-order valence-corrected chi connectivity index (χ1v) is 12.5. The number of nitrogens with one attached hydrogen (secondary N) is 2. The zero-order chi connectivity index (χ0) is 27.0. The van der Waals surface area contributed by atoms with Gasteiger partial charge in [0.2, 0.25) is 23.1 Å². The van der Waals surface area contributed by atoms with E-state index in [0.29, 0.717) is 31.1 Å². The number of nitrogens with zero attached hydrogens (tertiary/aromatic N) is 7. The van der Waals surface area contributed by atoms with Crippen molar-refractivity contribution in [2.24, 2.45) is 0 Å². The SMILES string of the molecule is COc1nc(Cl)nc(Nc2ccc(C=Cc3ccc(Nc4nc(OC)nc(N5CCOCC5)n4)cc3)cc2)n1.[NaH].[NaH]. The molecule has 12 nitrogen and oxygen atoms in total. The Kier molecular flexibility index (Phi) is 13.0. The van der Waals surface area contributed by atoms with Gasteiger partial charge in [-0.3, -0.25) is 0 Å². The summed E-state index contributed by atoms with van der Waals surface area (Å²) in [5.74, 6) is 1.28. The van der Waals surface area contributed by atoms with Crippen LogP contribution in [0.25, 0.3) is 12.2 Å². The van der Waals surface area contributed by atoms with Gasteiger partial charge in [0.05, 0.1) is 27.4 Å². The van der Waals surface area contributed by atoms with Gasteiger partial charge in [-0.25, -0.2) is 0 Å². The van der Waals surface area contributed by atoms with Gasteiger partial charge in [0.1, 0.15) is 0 Å². The summed E-state index contributed by atoms with van der Waals surface area (Å²) in [6.45, 7) is 2.71. The third-order valence-electron chi connectivity index (χ3n) is 5.65. The minimum atomic E-state index is 0. The van der Waals surface area contributed by atoms with Crippen LogP contribution in [0.15, 0.2) is 48.5 Å². The second-order valence-electron chi connectivity index (χ2n) is 8.29. The van der Waals surface area contributed by atoms with E-state index >= 15 is 0 Å². The average Bonchev–Trinajstić information content (AvgIpc) is 2.97. The minimum absolute atomic E-state index is 0. The van der Waals surface area contributed by atoms with Crippen molar-refractivity contribution in [2.45, 2.75) is 0 Å². The van der Waals surface area contributed by atoms with Crippen LogP contribution in [0.5, 0.6) is 12.0 Å². The number of ether oxygens (including phenoxy) is 3. The zero-order valence-electron chi connectivity index (χ0n) is 21.3. The second kappa shape index (κ2) is 16.2. The monoisotopic (exact) mass is 595 g/mol. The van der Waals surface area contributed by atoms with Crippen LogP contribution in [0.2, 0.25) is 5.28 Å². The van der Waals surface area contributed by atoms with Gasteiger partial charge in [0.15, 0.2) is 0 Å². The first-order chi connectivity index (χ1) is 19.1. The van der Waals surface area contributed by atoms with E-state index in [4.69, 9.17) is 25.8 Å². The molecule has 0 radical (unpaired) electrons. The van der Waals surface area contributed by atoms with Gasteiger partial charge >= 0.3 is 71.1 Å². The van der Waals surface area contributed by atoms with E-state index in [9.17, 15) is 0 Å². The van der Waals surface area contributed by atoms with Crippen molar-refractivity contribution in [1.29, 1.82) is 0 Å². The topological polar surface area (TPSA) is 132 Å². The van der Waals surface area contributed by atoms with Crippen molar-refractivity contribution in [3.63, 3.8) is 0 Å². The molecule has 1 fully saturated rings. The summed E-state index contributed by atoms with van der Waals surface area (Å²) in [7, 11) is 3.01. The summed E-state index contributed by atoms with van der Waals surface area (Å²) in [6, 6.07) is 16.1. The van der Waals surface area contributed by atoms with Crippen LogP contribution in [-0.2, 0) is 4.74 Å². The molecule has 1 saturated heterocycles. The van der Waals surface area contributed by atoms with Gasteiger partial charge < -0.3 is 29.7 Å². The molecule has 1 aliphatic heterocycles. The van der Waals surface area contributed by atoms with Crippen LogP contribution < -0.4 is 25.0 Å². The number of anilines is 5. The molecule has 15 heteroatoms. The maximum absolute atomic E-state index is 5.90. The number of rotatable bonds is 9. The molecule has 3 heterocycles. The maximum atomic E-state index is 5.90. The molecule has 0 bridgehead atoms. The van der Waals surface area contributed by atoms with E-state index < -0.39 is 0 Å². The molecule has 2 aromatic heterocycles. The number of morpholine rings is 1. The third kappa shape index (κ3) is 9.48. The molecule has 41 heavy (non-hydrogen) atoms. The standard InChI is InChI=1S/C26H26ClN9O3.2Na.2H/c1-37-25-31-21(27)30-22(33-25)28-19-9-5-17(6-10-19)3-4-18-7-11-20(12-8-18)29-23-32-24(35-26(34-23)38-2)36-13-15-39-16-14-36;;;;/h3-12H,13-16H2,1-2H3,(H,28,30,31,33)(H,29,32,34,35);;;;. The van der Waals surface area contributed by atoms with E-state index in [1.165, 1.54) is 14.2 Å². The molecule has 1 aliphatic rings. The summed E-state index contributed by atoms with van der Waals surface area (Å²) in [5, 5.41) is 6.37. The van der Waals surface area contributed by atoms with Crippen molar-refractivity contribution < 1.29 is 14.2 Å². The summed E-state index contributed by atoms with van der Waals surface area (Å²) in [5.41, 5.74) is 3.72. The molecule has 0 atom stereocenters. The predicted octanol–water partition coefficient (Wildman–Crippen LogP) is 2.92. The second-order valence-corrected chi connectivity index (χ2v) is 8.63. The van der Waals surface area contributed by atoms with Crippen LogP contribution in [0.3, 0.4) is 0 Å². The number of hydrogen-bond donors (Lipinski definition) is 2. The molecule has 5 rings (SSSR count). The molecule has 2 aromatic carbocycles. The van der Waals surface area contributed by atoms with Crippen molar-refractivity contribution in [3.8, 4) is 12.0 Å². The van der Waals surface area contributed by atoms with E-state index in [2.05, 4.69) is 45.4 Å². The van der Waals surface area contributed by atoms with Crippen LogP contribution in [0.1, 0.15) is 11.1 Å². The Morgan fingerprint density at radius 1 is 0.707 bits per heavy atom. The number of halogens is 1. The Bertz CT molecular complexity index is 1440. The average molecular weight is 596 g/mol. The van der Waals surface area contributed by atoms with Crippen LogP contribution in [0, 0.1) is 0 Å². The molecule has 0 amide bonds. The fraction of sp³-hybridized carbons (Fsp3) is 0.231. The Hall–Kier alpha value is -2.55. The predicted molar refractivity (Wildman–Crippen MR) is 163 cm³/mol. The third-order valence-corrected chi connectivity index (χ3v) is 5.82. The Balaban J connectivity index is 0.00000231. The summed E-state index contributed by atoms with van der Waals surface area (Å²) in [6.07, 6.45) is 4.06. The van der Waals surface area contributed by atoms with Crippen molar-refractivity contribution >= 4 is 112 Å². The van der Waals surface area contributed by atoms with Crippen molar-refractivity contribution in [1.82, 2.24) is 29.9 Å². The van der Waals surface area contributed by atoms with Gasteiger partial charge in [0.25, 0.3) is 0 Å². The van der Waals surface area contributed by atoms with Crippen LogP contribution >= 0.6 is 11.6 Å². The zero-order valence-corrected chi connectivity index (χ0v) is 22.1. The van der Waals surface area contributed by atoms with Gasteiger partial charge in [-0.2, -0.15) is 29.9 Å². The first-order valence-electron chi connectivity index (χ1n) is 12.1. The normalized spacial score (nSPS) is 12.7. The summed E-state index contributed by atoms with van der Waals surface area (Å²) >= 11 is 5.90. The van der Waals surface area contributed by atoms with E-state index in [0.717, 1.165) is 35.6 Å². The van der Waals surface area contributed by atoms with E-state index in [-0.39, 0.29) is 76.4 Å². The van der Waals surface area contributed by atoms with Gasteiger partial charge in [-0.1, -0.05) is 36.4 Å². The van der Waals surface area contributed by atoms with Crippen molar-refractivity contribution in [3.05, 3.63) is 64.9 Å². The molecule has 0 saturated carbocycles. The molecule has 0 unspecified atom stereocenters. The van der Waals surface area contributed by atoms with Gasteiger partial charge in [-0.05, 0) is 47.0 Å². The molecular weight excluding hydrogens is 568 g/mol. The van der Waals surface area contributed by atoms with Crippen molar-refractivity contribution in [2.75, 3.05) is 56.1 Å². The molecule has 0 aliphatic carbocycles. The summed E-state index contributed by atoms with van der Waals surface area (Å²) in [4.78, 5) is 27.4. The number of hydrogen-bond acceptors (Lipinski definition) is 12. The molecular formula is C26H28ClN9Na2O3. The fourth-order valence-corrected chi connectivity index (χ4v) is 3.84.